The van der Waals surface area contributed by atoms with E-state index in [1.165, 1.54) is 24.0 Å². The van der Waals surface area contributed by atoms with Gasteiger partial charge < -0.3 is 15.2 Å². The molecular formula is C23H27NO3. The van der Waals surface area contributed by atoms with Crippen LogP contribution in [0.3, 0.4) is 0 Å². The lowest BCUT2D eigenvalue weighted by Crippen LogP contribution is -2.35. The summed E-state index contributed by atoms with van der Waals surface area (Å²) in [4.78, 5) is 11.0. The van der Waals surface area contributed by atoms with Crippen molar-refractivity contribution >= 4 is 5.97 Å². The molecule has 2 aromatic rings. The van der Waals surface area contributed by atoms with Crippen molar-refractivity contribution in [3.63, 3.8) is 0 Å². The Labute approximate surface area is 160 Å². The number of nitrogens with one attached hydrogen (secondary N) is 1. The molecule has 4 atom stereocenters. The van der Waals surface area contributed by atoms with Crippen molar-refractivity contribution in [1.29, 1.82) is 0 Å². The first-order valence-electron chi connectivity index (χ1n) is 9.93. The average molecular weight is 365 g/mol. The van der Waals surface area contributed by atoms with E-state index < -0.39 is 5.97 Å². The number of benzene rings is 2. The van der Waals surface area contributed by atoms with Crippen LogP contribution in [0.25, 0.3) is 0 Å². The van der Waals surface area contributed by atoms with Crippen molar-refractivity contribution < 1.29 is 14.6 Å². The molecule has 0 radical (unpaired) electrons. The number of hydrogen-bond acceptors (Lipinski definition) is 3. The zero-order chi connectivity index (χ0) is 18.6. The fourth-order valence-corrected chi connectivity index (χ4v) is 4.68. The lowest BCUT2D eigenvalue weighted by molar-refractivity contribution is 0.0697. The summed E-state index contributed by atoms with van der Waals surface area (Å²) in [5.41, 5.74) is 2.88. The predicted octanol–water partition coefficient (Wildman–Crippen LogP) is 3.90. The van der Waals surface area contributed by atoms with Crippen LogP contribution >= 0.6 is 0 Å². The van der Waals surface area contributed by atoms with E-state index in [1.807, 2.05) is 18.2 Å². The highest BCUT2D eigenvalue weighted by Gasteiger charge is 2.47. The van der Waals surface area contributed by atoms with Gasteiger partial charge in [0.1, 0.15) is 0 Å². The summed E-state index contributed by atoms with van der Waals surface area (Å²) in [6.45, 7) is 1.90. The second kappa shape index (κ2) is 8.24. The van der Waals surface area contributed by atoms with E-state index in [9.17, 15) is 4.79 Å². The number of aryl methyl sites for hydroxylation is 1. The molecule has 4 heteroatoms. The third-order valence-corrected chi connectivity index (χ3v) is 6.11. The molecule has 2 saturated heterocycles. The average Bonchev–Trinajstić information content (AvgIpc) is 3.29. The molecule has 0 aromatic heterocycles. The van der Waals surface area contributed by atoms with Crippen LogP contribution in [0.1, 0.15) is 40.7 Å². The van der Waals surface area contributed by atoms with Gasteiger partial charge in [0.05, 0.1) is 17.8 Å². The van der Waals surface area contributed by atoms with Crippen molar-refractivity contribution in [1.82, 2.24) is 5.32 Å². The highest BCUT2D eigenvalue weighted by molar-refractivity contribution is 5.87. The van der Waals surface area contributed by atoms with Gasteiger partial charge in [-0.3, -0.25) is 0 Å². The van der Waals surface area contributed by atoms with Crippen LogP contribution in [0.2, 0.25) is 0 Å². The second-order valence-corrected chi connectivity index (χ2v) is 7.78. The summed E-state index contributed by atoms with van der Waals surface area (Å²) in [5.74, 6) is 0.296. The molecule has 2 N–H and O–H groups in total. The van der Waals surface area contributed by atoms with Crippen LogP contribution in [-0.2, 0) is 17.7 Å². The molecule has 2 aliphatic heterocycles. The molecule has 2 aromatic carbocycles. The van der Waals surface area contributed by atoms with E-state index in [1.54, 1.807) is 12.1 Å². The van der Waals surface area contributed by atoms with Gasteiger partial charge in [0.15, 0.2) is 0 Å². The molecule has 27 heavy (non-hydrogen) atoms. The summed E-state index contributed by atoms with van der Waals surface area (Å²) in [6.07, 6.45) is 5.25. The molecule has 2 heterocycles. The van der Waals surface area contributed by atoms with E-state index in [0.29, 0.717) is 29.6 Å². The Morgan fingerprint density at radius 3 is 2.37 bits per heavy atom. The third kappa shape index (κ3) is 4.23. The van der Waals surface area contributed by atoms with Crippen LogP contribution in [-0.4, -0.2) is 29.8 Å². The molecule has 0 aliphatic carbocycles. The number of fused-ring (bicyclic) bond motifs is 2. The van der Waals surface area contributed by atoms with Crippen LogP contribution in [0.4, 0.5) is 0 Å². The van der Waals surface area contributed by atoms with Gasteiger partial charge in [-0.2, -0.15) is 0 Å². The molecular weight excluding hydrogens is 338 g/mol. The van der Waals surface area contributed by atoms with E-state index >= 15 is 0 Å². The maximum absolute atomic E-state index is 11.0. The Balaban J connectivity index is 1.32. The van der Waals surface area contributed by atoms with Crippen LogP contribution in [0, 0.1) is 11.8 Å². The highest BCUT2D eigenvalue weighted by atomic mass is 16.5. The third-order valence-electron chi connectivity index (χ3n) is 6.11. The van der Waals surface area contributed by atoms with Gasteiger partial charge in [-0.25, -0.2) is 4.79 Å². The van der Waals surface area contributed by atoms with Crippen molar-refractivity contribution in [2.24, 2.45) is 11.8 Å². The largest absolute Gasteiger partial charge is 0.478 e. The Morgan fingerprint density at radius 2 is 1.67 bits per heavy atom. The van der Waals surface area contributed by atoms with E-state index in [-0.39, 0.29) is 0 Å². The molecule has 0 saturated carbocycles. The fraction of sp³-hybridized carbons (Fsp3) is 0.435. The predicted molar refractivity (Wildman–Crippen MR) is 105 cm³/mol. The van der Waals surface area contributed by atoms with Crippen LogP contribution in [0.5, 0.6) is 0 Å². The zero-order valence-electron chi connectivity index (χ0n) is 15.5. The van der Waals surface area contributed by atoms with Gasteiger partial charge in [0.2, 0.25) is 0 Å². The molecule has 0 amide bonds. The smallest absolute Gasteiger partial charge is 0.335 e. The molecule has 142 valence electrons. The van der Waals surface area contributed by atoms with Gasteiger partial charge >= 0.3 is 5.97 Å². The first-order chi connectivity index (χ1) is 13.2. The second-order valence-electron chi connectivity index (χ2n) is 7.78. The maximum atomic E-state index is 11.0. The summed E-state index contributed by atoms with van der Waals surface area (Å²) >= 11 is 0. The Bertz CT molecular complexity index is 759. The van der Waals surface area contributed by atoms with Gasteiger partial charge in [-0.1, -0.05) is 42.5 Å². The number of carboxylic acid groups (broad SMARTS) is 1. The zero-order valence-corrected chi connectivity index (χ0v) is 15.5. The first kappa shape index (κ1) is 18.2. The quantitative estimate of drug-likeness (QED) is 0.745. The van der Waals surface area contributed by atoms with Gasteiger partial charge in [0.25, 0.3) is 0 Å². The van der Waals surface area contributed by atoms with Gasteiger partial charge in [-0.05, 0) is 54.9 Å². The minimum atomic E-state index is -0.868. The minimum Gasteiger partial charge on any atom is -0.478 e. The summed E-state index contributed by atoms with van der Waals surface area (Å²) in [5, 5.41) is 12.7. The van der Waals surface area contributed by atoms with Crippen molar-refractivity contribution in [2.45, 2.75) is 44.4 Å². The summed E-state index contributed by atoms with van der Waals surface area (Å²) < 4.78 is 6.22. The van der Waals surface area contributed by atoms with Gasteiger partial charge in [0, 0.05) is 19.0 Å². The monoisotopic (exact) mass is 365 g/mol. The molecule has 4 nitrogen and oxygen atoms in total. The lowest BCUT2D eigenvalue weighted by atomic mass is 9.76. The maximum Gasteiger partial charge on any atom is 0.335 e. The van der Waals surface area contributed by atoms with Crippen molar-refractivity contribution in [3.05, 3.63) is 71.3 Å². The normalized spacial score (nSPS) is 26.4. The number of aromatic carboxylic acids is 1. The van der Waals surface area contributed by atoms with Crippen LogP contribution < -0.4 is 5.32 Å². The first-order valence-corrected chi connectivity index (χ1v) is 9.93. The van der Waals surface area contributed by atoms with Crippen molar-refractivity contribution in [2.75, 3.05) is 6.54 Å². The number of carbonyl (C=O) groups is 1. The van der Waals surface area contributed by atoms with E-state index in [4.69, 9.17) is 9.84 Å². The Kier molecular flexibility index (Phi) is 5.55. The Hall–Kier alpha value is -2.17. The SMILES string of the molecule is O=C(O)c1ccc(CCC2C3CCC(O3)C2CNCc2ccccc2)cc1. The molecule has 2 aliphatic rings. The topological polar surface area (TPSA) is 58.6 Å². The summed E-state index contributed by atoms with van der Waals surface area (Å²) in [6, 6.07) is 17.8. The Morgan fingerprint density at radius 1 is 0.963 bits per heavy atom. The molecule has 2 fully saturated rings. The number of rotatable bonds is 8. The fourth-order valence-electron chi connectivity index (χ4n) is 4.68. The number of hydrogen-bond donors (Lipinski definition) is 2. The van der Waals surface area contributed by atoms with Crippen molar-refractivity contribution in [3.8, 4) is 0 Å². The van der Waals surface area contributed by atoms with Crippen LogP contribution in [0.15, 0.2) is 54.6 Å². The molecule has 0 spiro atoms. The lowest BCUT2D eigenvalue weighted by Gasteiger charge is -2.28. The molecule has 2 bridgehead atoms. The van der Waals surface area contributed by atoms with E-state index in [2.05, 4.69) is 29.6 Å². The standard InChI is InChI=1S/C23H27NO3/c25-23(26)18-9-6-16(7-10-18)8-11-19-20(22-13-12-21(19)27-22)15-24-14-17-4-2-1-3-5-17/h1-7,9-10,19-22,24H,8,11-15H2,(H,25,26). The highest BCUT2D eigenvalue weighted by Crippen LogP contribution is 2.45. The van der Waals surface area contributed by atoms with E-state index in [0.717, 1.165) is 25.9 Å². The van der Waals surface area contributed by atoms with Gasteiger partial charge in [-0.15, -0.1) is 0 Å². The number of carboxylic acids is 1. The molecule has 4 unspecified atom stereocenters. The molecule has 4 rings (SSSR count). The number of ether oxygens (including phenoxy) is 1. The minimum absolute atomic E-state index is 0.352. The summed E-state index contributed by atoms with van der Waals surface area (Å²) in [7, 11) is 0.